The van der Waals surface area contributed by atoms with E-state index in [0.29, 0.717) is 6.42 Å². The Balaban J connectivity index is 2.13. The molecule has 2 rings (SSSR count). The standard InChI is InChI=1S/C12H15NO3S3/c1-9(10-5-7-17-8-10)13-19(15,16)12-3-2-11(18-12)4-6-14/h2-3,5,7-9,13-14H,4,6H2,1H3. The minimum absolute atomic E-state index is 0.0265. The molecule has 2 heterocycles. The fourth-order valence-electron chi connectivity index (χ4n) is 1.63. The highest BCUT2D eigenvalue weighted by atomic mass is 32.2. The second kappa shape index (κ2) is 6.15. The molecule has 2 aromatic rings. The number of aliphatic hydroxyl groups excluding tert-OH is 1. The summed E-state index contributed by atoms with van der Waals surface area (Å²) in [5.74, 6) is 0. The molecule has 0 aliphatic carbocycles. The van der Waals surface area contributed by atoms with E-state index in [1.807, 2.05) is 23.8 Å². The zero-order chi connectivity index (χ0) is 13.9. The summed E-state index contributed by atoms with van der Waals surface area (Å²) in [4.78, 5) is 0.867. The monoisotopic (exact) mass is 317 g/mol. The Morgan fingerprint density at radius 2 is 2.16 bits per heavy atom. The maximum atomic E-state index is 12.2. The molecule has 0 fully saturated rings. The van der Waals surface area contributed by atoms with Gasteiger partial charge in [0, 0.05) is 23.9 Å². The number of thiophene rings is 2. The Morgan fingerprint density at radius 3 is 2.79 bits per heavy atom. The highest BCUT2D eigenvalue weighted by Gasteiger charge is 2.20. The quantitative estimate of drug-likeness (QED) is 0.859. The van der Waals surface area contributed by atoms with E-state index in [2.05, 4.69) is 4.72 Å². The SMILES string of the molecule is CC(NS(=O)(=O)c1ccc(CCO)s1)c1ccsc1. The van der Waals surface area contributed by atoms with Crippen molar-refractivity contribution in [3.8, 4) is 0 Å². The second-order valence-corrected chi connectivity index (χ2v) is 7.98. The Morgan fingerprint density at radius 1 is 1.37 bits per heavy atom. The Kier molecular flexibility index (Phi) is 4.75. The Bertz CT molecular complexity index is 616. The number of sulfonamides is 1. The van der Waals surface area contributed by atoms with Crippen molar-refractivity contribution in [1.82, 2.24) is 4.72 Å². The molecule has 0 amide bonds. The minimum atomic E-state index is -3.49. The van der Waals surface area contributed by atoms with Crippen LogP contribution in [0.25, 0.3) is 0 Å². The third-order valence-corrected chi connectivity index (χ3v) is 6.51. The largest absolute Gasteiger partial charge is 0.396 e. The molecule has 104 valence electrons. The molecule has 19 heavy (non-hydrogen) atoms. The summed E-state index contributed by atoms with van der Waals surface area (Å²) < 4.78 is 27.3. The molecule has 0 bridgehead atoms. The van der Waals surface area contributed by atoms with Gasteiger partial charge in [0.2, 0.25) is 0 Å². The van der Waals surface area contributed by atoms with Gasteiger partial charge >= 0.3 is 0 Å². The van der Waals surface area contributed by atoms with Crippen molar-refractivity contribution < 1.29 is 13.5 Å². The van der Waals surface area contributed by atoms with E-state index in [1.54, 1.807) is 23.5 Å². The zero-order valence-corrected chi connectivity index (χ0v) is 12.8. The van der Waals surface area contributed by atoms with Gasteiger partial charge in [0.25, 0.3) is 10.0 Å². The highest BCUT2D eigenvalue weighted by Crippen LogP contribution is 2.24. The van der Waals surface area contributed by atoms with Crippen molar-refractivity contribution in [2.75, 3.05) is 6.61 Å². The summed E-state index contributed by atoms with van der Waals surface area (Å²) in [6.07, 6.45) is 0.486. The summed E-state index contributed by atoms with van der Waals surface area (Å²) in [6, 6.07) is 4.98. The molecule has 0 spiro atoms. The lowest BCUT2D eigenvalue weighted by molar-refractivity contribution is 0.300. The van der Waals surface area contributed by atoms with Gasteiger partial charge in [0.15, 0.2) is 0 Å². The van der Waals surface area contributed by atoms with Crippen LogP contribution in [0.15, 0.2) is 33.2 Å². The van der Waals surface area contributed by atoms with Crippen molar-refractivity contribution in [3.05, 3.63) is 39.4 Å². The first-order chi connectivity index (χ1) is 9.03. The summed E-state index contributed by atoms with van der Waals surface area (Å²) in [7, 11) is -3.49. The molecule has 1 unspecified atom stereocenters. The van der Waals surface area contributed by atoms with Gasteiger partial charge in [0.1, 0.15) is 4.21 Å². The molecule has 0 saturated carbocycles. The fourth-order valence-corrected chi connectivity index (χ4v) is 4.97. The average Bonchev–Trinajstić information content (AvgIpc) is 2.99. The van der Waals surface area contributed by atoms with Gasteiger partial charge in [0.05, 0.1) is 0 Å². The molecule has 7 heteroatoms. The van der Waals surface area contributed by atoms with Crippen molar-refractivity contribution in [2.45, 2.75) is 23.6 Å². The van der Waals surface area contributed by atoms with E-state index < -0.39 is 10.0 Å². The lowest BCUT2D eigenvalue weighted by atomic mass is 10.2. The number of hydrogen-bond donors (Lipinski definition) is 2. The first-order valence-corrected chi connectivity index (χ1v) is 9.01. The summed E-state index contributed by atoms with van der Waals surface area (Å²) >= 11 is 2.74. The third kappa shape index (κ3) is 3.64. The van der Waals surface area contributed by atoms with Gasteiger partial charge in [-0.15, -0.1) is 11.3 Å². The third-order valence-electron chi connectivity index (χ3n) is 2.64. The van der Waals surface area contributed by atoms with E-state index in [4.69, 9.17) is 5.11 Å². The van der Waals surface area contributed by atoms with Crippen LogP contribution in [0.2, 0.25) is 0 Å². The van der Waals surface area contributed by atoms with Gasteiger partial charge in [-0.1, -0.05) is 0 Å². The van der Waals surface area contributed by atoms with Crippen molar-refractivity contribution in [3.63, 3.8) is 0 Å². The highest BCUT2D eigenvalue weighted by molar-refractivity contribution is 7.91. The van der Waals surface area contributed by atoms with E-state index in [0.717, 1.165) is 10.4 Å². The van der Waals surface area contributed by atoms with Crippen molar-refractivity contribution in [2.24, 2.45) is 0 Å². The van der Waals surface area contributed by atoms with Crippen LogP contribution < -0.4 is 4.72 Å². The normalized spacial score (nSPS) is 13.6. The summed E-state index contributed by atoms with van der Waals surface area (Å²) in [5, 5.41) is 12.7. The number of aliphatic hydroxyl groups is 1. The minimum Gasteiger partial charge on any atom is -0.396 e. The van der Waals surface area contributed by atoms with Crippen LogP contribution in [0, 0.1) is 0 Å². The van der Waals surface area contributed by atoms with Crippen molar-refractivity contribution >= 4 is 32.7 Å². The first kappa shape index (κ1) is 14.7. The summed E-state index contributed by atoms with van der Waals surface area (Å²) in [6.45, 7) is 1.85. The van der Waals surface area contributed by atoms with Crippen LogP contribution in [-0.4, -0.2) is 20.1 Å². The van der Waals surface area contributed by atoms with Crippen LogP contribution in [0.4, 0.5) is 0 Å². The molecule has 1 atom stereocenters. The molecule has 2 aromatic heterocycles. The van der Waals surface area contributed by atoms with Crippen molar-refractivity contribution in [1.29, 1.82) is 0 Å². The fraction of sp³-hybridized carbons (Fsp3) is 0.333. The number of rotatable bonds is 6. The maximum Gasteiger partial charge on any atom is 0.250 e. The van der Waals surface area contributed by atoms with Crippen LogP contribution >= 0.6 is 22.7 Å². The van der Waals surface area contributed by atoms with E-state index in [9.17, 15) is 8.42 Å². The first-order valence-electron chi connectivity index (χ1n) is 5.77. The average molecular weight is 317 g/mol. The molecule has 0 aromatic carbocycles. The molecule has 0 radical (unpaired) electrons. The van der Waals surface area contributed by atoms with Gasteiger partial charge in [-0.25, -0.2) is 13.1 Å². The molecule has 4 nitrogen and oxygen atoms in total. The lowest BCUT2D eigenvalue weighted by Gasteiger charge is -2.11. The van der Waals surface area contributed by atoms with Crippen LogP contribution in [-0.2, 0) is 16.4 Å². The smallest absolute Gasteiger partial charge is 0.250 e. The van der Waals surface area contributed by atoms with E-state index in [1.165, 1.54) is 11.3 Å². The van der Waals surface area contributed by atoms with Gasteiger partial charge in [-0.05, 0) is 41.4 Å². The number of hydrogen-bond acceptors (Lipinski definition) is 5. The molecular weight excluding hydrogens is 302 g/mol. The number of nitrogens with one attached hydrogen (secondary N) is 1. The molecule has 0 aliphatic heterocycles. The maximum absolute atomic E-state index is 12.2. The lowest BCUT2D eigenvalue weighted by Crippen LogP contribution is -2.25. The van der Waals surface area contributed by atoms with Gasteiger partial charge in [-0.2, -0.15) is 11.3 Å². The molecule has 0 aliphatic rings. The Hall–Kier alpha value is -0.730. The van der Waals surface area contributed by atoms with E-state index in [-0.39, 0.29) is 16.9 Å². The van der Waals surface area contributed by atoms with E-state index >= 15 is 0 Å². The second-order valence-electron chi connectivity index (χ2n) is 4.09. The van der Waals surface area contributed by atoms with Gasteiger partial charge in [-0.3, -0.25) is 0 Å². The predicted molar refractivity (Wildman–Crippen MR) is 78.2 cm³/mol. The predicted octanol–water partition coefficient (Wildman–Crippen LogP) is 2.38. The van der Waals surface area contributed by atoms with Gasteiger partial charge < -0.3 is 5.11 Å². The molecule has 0 saturated heterocycles. The van der Waals surface area contributed by atoms with Crippen LogP contribution in [0.1, 0.15) is 23.4 Å². The Labute approximate surface area is 120 Å². The van der Waals surface area contributed by atoms with Crippen LogP contribution in [0.3, 0.4) is 0 Å². The molecular formula is C12H15NO3S3. The topological polar surface area (TPSA) is 66.4 Å². The van der Waals surface area contributed by atoms with Crippen LogP contribution in [0.5, 0.6) is 0 Å². The summed E-state index contributed by atoms with van der Waals surface area (Å²) in [5.41, 5.74) is 0.959. The molecule has 2 N–H and O–H groups in total. The zero-order valence-electron chi connectivity index (χ0n) is 10.4.